The van der Waals surface area contributed by atoms with E-state index < -0.39 is 10.0 Å². The van der Waals surface area contributed by atoms with Crippen LogP contribution in [0.5, 0.6) is 0 Å². The first-order chi connectivity index (χ1) is 14.8. The van der Waals surface area contributed by atoms with Crippen LogP contribution in [0.4, 0.5) is 5.69 Å². The molecule has 1 atom stereocenters. The number of amides is 1. The summed E-state index contributed by atoms with van der Waals surface area (Å²) >= 11 is 0. The fraction of sp³-hybridized carbons (Fsp3) is 0.240. The fourth-order valence-corrected chi connectivity index (χ4v) is 5.65. The molecule has 0 fully saturated rings. The lowest BCUT2D eigenvalue weighted by atomic mass is 10.00. The summed E-state index contributed by atoms with van der Waals surface area (Å²) < 4.78 is 27.7. The van der Waals surface area contributed by atoms with Gasteiger partial charge in [0.25, 0.3) is 15.9 Å². The van der Waals surface area contributed by atoms with Crippen molar-refractivity contribution in [1.29, 1.82) is 0 Å². The van der Waals surface area contributed by atoms with Gasteiger partial charge in [0.1, 0.15) is 0 Å². The molecule has 4 rings (SSSR count). The molecule has 0 bridgehead atoms. The number of hydrogen-bond donors (Lipinski definition) is 1. The number of aryl methyl sites for hydroxylation is 2. The van der Waals surface area contributed by atoms with Crippen molar-refractivity contribution in [3.63, 3.8) is 0 Å². The highest BCUT2D eigenvalue weighted by Gasteiger charge is 2.31. The van der Waals surface area contributed by atoms with Crippen molar-refractivity contribution in [2.24, 2.45) is 0 Å². The smallest absolute Gasteiger partial charge is 0.264 e. The molecule has 0 aliphatic carbocycles. The molecule has 0 spiro atoms. The molecule has 1 heterocycles. The maximum absolute atomic E-state index is 13.1. The first-order valence-corrected chi connectivity index (χ1v) is 11.8. The molecule has 3 aromatic rings. The predicted molar refractivity (Wildman–Crippen MR) is 123 cm³/mol. The summed E-state index contributed by atoms with van der Waals surface area (Å²) in [5.74, 6) is -0.223. The molecule has 0 radical (unpaired) electrons. The van der Waals surface area contributed by atoms with E-state index in [0.29, 0.717) is 24.2 Å². The molecule has 0 saturated heterocycles. The largest absolute Gasteiger partial charge is 0.346 e. The molecule has 160 valence electrons. The molecule has 31 heavy (non-hydrogen) atoms. The number of rotatable bonds is 5. The average molecular weight is 435 g/mol. The molecule has 6 heteroatoms. The molecular formula is C25H26N2O3S. The highest BCUT2D eigenvalue weighted by Crippen LogP contribution is 2.34. The van der Waals surface area contributed by atoms with Gasteiger partial charge in [-0.15, -0.1) is 0 Å². The number of fused-ring (bicyclic) bond motifs is 1. The Bertz CT molecular complexity index is 1240. The van der Waals surface area contributed by atoms with E-state index >= 15 is 0 Å². The number of anilines is 1. The van der Waals surface area contributed by atoms with Crippen LogP contribution in [0.3, 0.4) is 0 Å². The summed E-state index contributed by atoms with van der Waals surface area (Å²) in [6.07, 6.45) is 0.627. The van der Waals surface area contributed by atoms with E-state index in [1.807, 2.05) is 39.0 Å². The Labute approximate surface area is 183 Å². The third kappa shape index (κ3) is 4.08. The molecule has 1 N–H and O–H groups in total. The summed E-state index contributed by atoms with van der Waals surface area (Å²) in [4.78, 5) is 13.2. The van der Waals surface area contributed by atoms with Crippen LogP contribution in [0.25, 0.3) is 0 Å². The van der Waals surface area contributed by atoms with Crippen molar-refractivity contribution in [2.45, 2.75) is 38.1 Å². The Balaban J connectivity index is 1.59. The molecule has 0 saturated carbocycles. The van der Waals surface area contributed by atoms with Crippen LogP contribution in [0, 0.1) is 13.8 Å². The van der Waals surface area contributed by atoms with Gasteiger partial charge in [-0.05, 0) is 68.1 Å². The Morgan fingerprint density at radius 3 is 2.45 bits per heavy atom. The lowest BCUT2D eigenvalue weighted by Crippen LogP contribution is -2.30. The van der Waals surface area contributed by atoms with Gasteiger partial charge in [-0.2, -0.15) is 0 Å². The molecule has 5 nitrogen and oxygen atoms in total. The normalized spacial score (nSPS) is 14.2. The molecule has 3 aromatic carbocycles. The van der Waals surface area contributed by atoms with Crippen LogP contribution in [0.2, 0.25) is 0 Å². The number of hydrogen-bond acceptors (Lipinski definition) is 3. The van der Waals surface area contributed by atoms with Gasteiger partial charge in [0.05, 0.1) is 16.6 Å². The molecule has 0 unspecified atom stereocenters. The minimum absolute atomic E-state index is 0.162. The van der Waals surface area contributed by atoms with Gasteiger partial charge >= 0.3 is 0 Å². The van der Waals surface area contributed by atoms with Gasteiger partial charge in [0.2, 0.25) is 0 Å². The van der Waals surface area contributed by atoms with Crippen molar-refractivity contribution >= 4 is 21.6 Å². The first kappa shape index (κ1) is 21.1. The van der Waals surface area contributed by atoms with E-state index in [2.05, 4.69) is 11.4 Å². The topological polar surface area (TPSA) is 66.5 Å². The number of carbonyl (C=O) groups is 1. The first-order valence-electron chi connectivity index (χ1n) is 10.4. The SMILES string of the molecule is Cc1ccc([C@@H](C)NC(=O)c2ccc3c(c2)N(S(=O)(=O)c2ccccc2)CC3)c(C)c1. The number of nitrogens with one attached hydrogen (secondary N) is 1. The molecule has 1 aliphatic rings. The van der Waals surface area contributed by atoms with Crippen LogP contribution in [0.15, 0.2) is 71.6 Å². The van der Waals surface area contributed by atoms with E-state index in [9.17, 15) is 13.2 Å². The Hall–Kier alpha value is -3.12. The minimum atomic E-state index is -3.67. The zero-order valence-electron chi connectivity index (χ0n) is 17.9. The Morgan fingerprint density at radius 1 is 1.00 bits per heavy atom. The fourth-order valence-electron chi connectivity index (χ4n) is 4.13. The predicted octanol–water partition coefficient (Wildman–Crippen LogP) is 4.55. The zero-order valence-corrected chi connectivity index (χ0v) is 18.7. The Kier molecular flexibility index (Phi) is 5.58. The average Bonchev–Trinajstić information content (AvgIpc) is 3.18. The second kappa shape index (κ2) is 8.19. The van der Waals surface area contributed by atoms with Crippen molar-refractivity contribution < 1.29 is 13.2 Å². The van der Waals surface area contributed by atoms with Crippen LogP contribution < -0.4 is 9.62 Å². The van der Waals surface area contributed by atoms with Gasteiger partial charge < -0.3 is 5.32 Å². The van der Waals surface area contributed by atoms with E-state index in [-0.39, 0.29) is 16.8 Å². The summed E-state index contributed by atoms with van der Waals surface area (Å²) in [6, 6.07) is 19.7. The van der Waals surface area contributed by atoms with E-state index in [1.165, 1.54) is 9.87 Å². The summed E-state index contributed by atoms with van der Waals surface area (Å²) in [5.41, 5.74) is 5.33. The number of nitrogens with zero attached hydrogens (tertiary/aromatic N) is 1. The maximum atomic E-state index is 13.1. The van der Waals surface area contributed by atoms with E-state index in [1.54, 1.807) is 42.5 Å². The summed E-state index contributed by atoms with van der Waals surface area (Å²) in [6.45, 7) is 6.40. The highest BCUT2D eigenvalue weighted by atomic mass is 32.2. The summed E-state index contributed by atoms with van der Waals surface area (Å²) in [5, 5.41) is 3.04. The summed E-state index contributed by atoms with van der Waals surface area (Å²) in [7, 11) is -3.67. The lowest BCUT2D eigenvalue weighted by Gasteiger charge is -2.21. The molecule has 1 aliphatic heterocycles. The van der Waals surface area contributed by atoms with Gasteiger partial charge in [0.15, 0.2) is 0 Å². The van der Waals surface area contributed by atoms with Gasteiger partial charge in [-0.1, -0.05) is 48.0 Å². The van der Waals surface area contributed by atoms with Crippen LogP contribution >= 0.6 is 0 Å². The van der Waals surface area contributed by atoms with Crippen molar-refractivity contribution in [3.8, 4) is 0 Å². The number of carbonyl (C=O) groups excluding carboxylic acids is 1. The quantitative estimate of drug-likeness (QED) is 0.641. The van der Waals surface area contributed by atoms with E-state index in [4.69, 9.17) is 0 Å². The third-order valence-corrected chi connectivity index (χ3v) is 7.60. The van der Waals surface area contributed by atoms with Crippen LogP contribution in [0.1, 0.15) is 45.6 Å². The number of benzene rings is 3. The second-order valence-corrected chi connectivity index (χ2v) is 9.90. The van der Waals surface area contributed by atoms with Crippen molar-refractivity contribution in [2.75, 3.05) is 10.8 Å². The third-order valence-electron chi connectivity index (χ3n) is 5.77. The molecule has 1 amide bonds. The van der Waals surface area contributed by atoms with Crippen LogP contribution in [-0.4, -0.2) is 20.9 Å². The zero-order chi connectivity index (χ0) is 22.2. The van der Waals surface area contributed by atoms with Crippen molar-refractivity contribution in [3.05, 3.63) is 94.5 Å². The van der Waals surface area contributed by atoms with Crippen molar-refractivity contribution in [1.82, 2.24) is 5.32 Å². The van der Waals surface area contributed by atoms with Gasteiger partial charge in [0, 0.05) is 12.1 Å². The van der Waals surface area contributed by atoms with Gasteiger partial charge in [-0.3, -0.25) is 9.10 Å². The molecule has 0 aromatic heterocycles. The van der Waals surface area contributed by atoms with E-state index in [0.717, 1.165) is 16.7 Å². The van der Waals surface area contributed by atoms with Crippen LogP contribution in [-0.2, 0) is 16.4 Å². The standard InChI is InChI=1S/C25H26N2O3S/c1-17-9-12-23(18(2)15-17)19(3)26-25(28)21-11-10-20-13-14-27(24(20)16-21)31(29,30)22-7-5-4-6-8-22/h4-12,15-16,19H,13-14H2,1-3H3,(H,26,28)/t19-/m1/s1. The highest BCUT2D eigenvalue weighted by molar-refractivity contribution is 7.92. The molecular weight excluding hydrogens is 408 g/mol. The van der Waals surface area contributed by atoms with Gasteiger partial charge in [-0.25, -0.2) is 8.42 Å². The lowest BCUT2D eigenvalue weighted by molar-refractivity contribution is 0.0940. The Morgan fingerprint density at radius 2 is 1.74 bits per heavy atom. The monoisotopic (exact) mass is 434 g/mol. The number of sulfonamides is 1. The second-order valence-electron chi connectivity index (χ2n) is 8.04. The minimum Gasteiger partial charge on any atom is -0.346 e. The maximum Gasteiger partial charge on any atom is 0.264 e.